The van der Waals surface area contributed by atoms with E-state index in [0.29, 0.717) is 22.4 Å². The molecule has 1 atom stereocenters. The summed E-state index contributed by atoms with van der Waals surface area (Å²) in [5, 5.41) is 19.9. The van der Waals surface area contributed by atoms with Crippen molar-refractivity contribution in [1.29, 1.82) is 0 Å². The predicted octanol–water partition coefficient (Wildman–Crippen LogP) is 5.25. The van der Waals surface area contributed by atoms with Crippen molar-refractivity contribution in [1.82, 2.24) is 9.55 Å². The number of aromatic nitrogens is 2. The van der Waals surface area contributed by atoms with Gasteiger partial charge in [-0.25, -0.2) is 9.18 Å². The summed E-state index contributed by atoms with van der Waals surface area (Å²) in [4.78, 5) is 29.1. The summed E-state index contributed by atoms with van der Waals surface area (Å²) in [6.45, 7) is 3.70. The Balaban J connectivity index is 1.96. The second-order valence-electron chi connectivity index (χ2n) is 9.09. The number of benzene rings is 2. The minimum Gasteiger partial charge on any atom is -0.489 e. The lowest BCUT2D eigenvalue weighted by molar-refractivity contribution is 0.0694. The molecule has 0 unspecified atom stereocenters. The summed E-state index contributed by atoms with van der Waals surface area (Å²) in [5.41, 5.74) is 0.946. The fourth-order valence-electron chi connectivity index (χ4n) is 4.27. The molecule has 2 aromatic heterocycles. The number of ether oxygens (including phenoxy) is 1. The molecule has 0 spiro atoms. The number of aliphatic hydroxyl groups excluding tert-OH is 1. The van der Waals surface area contributed by atoms with Crippen molar-refractivity contribution in [2.24, 2.45) is 5.92 Å². The SMILES string of the molecule is CC(C)[C@@H](CO)n1cc(C(=O)O)c(=O)c2cc(Cc3cccc(Cl)c3F)c(OCc3ccncc3)cc21. The monoisotopic (exact) mass is 524 g/mol. The molecule has 0 bridgehead atoms. The van der Waals surface area contributed by atoms with Gasteiger partial charge in [0.2, 0.25) is 5.43 Å². The molecule has 0 saturated heterocycles. The van der Waals surface area contributed by atoms with Crippen LogP contribution in [0, 0.1) is 11.7 Å². The van der Waals surface area contributed by atoms with Gasteiger partial charge in [0.15, 0.2) is 0 Å². The summed E-state index contributed by atoms with van der Waals surface area (Å²) in [6.07, 6.45) is 4.59. The van der Waals surface area contributed by atoms with E-state index >= 15 is 0 Å². The van der Waals surface area contributed by atoms with E-state index in [1.165, 1.54) is 18.3 Å². The Morgan fingerprint density at radius 2 is 1.89 bits per heavy atom. The van der Waals surface area contributed by atoms with E-state index in [2.05, 4.69) is 4.98 Å². The fraction of sp³-hybridized carbons (Fsp3) is 0.250. The van der Waals surface area contributed by atoms with Crippen molar-refractivity contribution in [2.45, 2.75) is 32.9 Å². The standard InChI is InChI=1S/C28H26ClFN2O5/c1-16(2)24(14-33)32-13-21(28(35)36)27(34)20-11-19(10-18-4-3-5-22(29)26(18)30)25(12-23(20)32)37-15-17-6-8-31-9-7-17/h3-9,11-13,16,24,33H,10,14-15H2,1-2H3,(H,35,36)/t24-/m1/s1. The van der Waals surface area contributed by atoms with E-state index in [0.717, 1.165) is 5.56 Å². The zero-order valence-electron chi connectivity index (χ0n) is 20.3. The Kier molecular flexibility index (Phi) is 7.90. The maximum absolute atomic E-state index is 14.8. The van der Waals surface area contributed by atoms with Crippen LogP contribution in [0.25, 0.3) is 10.9 Å². The largest absolute Gasteiger partial charge is 0.489 e. The van der Waals surface area contributed by atoms with Crippen LogP contribution in [0.4, 0.5) is 4.39 Å². The lowest BCUT2D eigenvalue weighted by atomic mass is 9.98. The molecule has 4 rings (SSSR count). The number of carboxylic acid groups (broad SMARTS) is 1. The normalized spacial score (nSPS) is 12.2. The first-order valence-electron chi connectivity index (χ1n) is 11.7. The Labute approximate surface area is 217 Å². The molecule has 4 aromatic rings. The third kappa shape index (κ3) is 5.50. The Morgan fingerprint density at radius 3 is 2.54 bits per heavy atom. The summed E-state index contributed by atoms with van der Waals surface area (Å²) in [6, 6.07) is 10.9. The highest BCUT2D eigenvalue weighted by Gasteiger charge is 2.23. The van der Waals surface area contributed by atoms with Gasteiger partial charge in [-0.3, -0.25) is 9.78 Å². The number of halogens is 2. The Morgan fingerprint density at radius 1 is 1.16 bits per heavy atom. The van der Waals surface area contributed by atoms with E-state index in [1.54, 1.807) is 47.3 Å². The molecule has 7 nitrogen and oxygen atoms in total. The van der Waals surface area contributed by atoms with Crippen LogP contribution in [-0.4, -0.2) is 32.3 Å². The first-order chi connectivity index (χ1) is 17.7. The molecule has 0 aliphatic carbocycles. The molecule has 192 valence electrons. The highest BCUT2D eigenvalue weighted by Crippen LogP contribution is 2.32. The first kappa shape index (κ1) is 26.3. The van der Waals surface area contributed by atoms with Crippen LogP contribution in [0.3, 0.4) is 0 Å². The molecule has 0 amide bonds. The van der Waals surface area contributed by atoms with Crippen LogP contribution in [0.2, 0.25) is 5.02 Å². The summed E-state index contributed by atoms with van der Waals surface area (Å²) >= 11 is 5.98. The lowest BCUT2D eigenvalue weighted by Crippen LogP contribution is -2.25. The maximum atomic E-state index is 14.8. The van der Waals surface area contributed by atoms with E-state index in [4.69, 9.17) is 16.3 Å². The second-order valence-corrected chi connectivity index (χ2v) is 9.50. The molecule has 0 aliphatic rings. The molecular formula is C28H26ClFN2O5. The van der Waals surface area contributed by atoms with Crippen LogP contribution < -0.4 is 10.2 Å². The Bertz CT molecular complexity index is 1500. The van der Waals surface area contributed by atoms with Crippen LogP contribution in [0.1, 0.15) is 46.9 Å². The van der Waals surface area contributed by atoms with Crippen LogP contribution in [-0.2, 0) is 13.0 Å². The first-order valence-corrected chi connectivity index (χ1v) is 12.1. The van der Waals surface area contributed by atoms with Gasteiger partial charge in [0.1, 0.15) is 23.7 Å². The maximum Gasteiger partial charge on any atom is 0.341 e. The zero-order chi connectivity index (χ0) is 26.7. The van der Waals surface area contributed by atoms with E-state index < -0.39 is 28.8 Å². The average Bonchev–Trinajstić information content (AvgIpc) is 2.87. The minimum atomic E-state index is -1.37. The molecule has 2 heterocycles. The molecule has 9 heteroatoms. The highest BCUT2D eigenvalue weighted by molar-refractivity contribution is 6.30. The molecule has 0 saturated carbocycles. The van der Waals surface area contributed by atoms with Crippen molar-refractivity contribution in [3.8, 4) is 5.75 Å². The number of rotatable bonds is 9. The molecule has 2 N–H and O–H groups in total. The van der Waals surface area contributed by atoms with Crippen molar-refractivity contribution < 1.29 is 24.1 Å². The van der Waals surface area contributed by atoms with Gasteiger partial charge in [0, 0.05) is 36.5 Å². The molecule has 37 heavy (non-hydrogen) atoms. The lowest BCUT2D eigenvalue weighted by Gasteiger charge is -2.25. The number of carbonyl (C=O) groups is 1. The van der Waals surface area contributed by atoms with Gasteiger partial charge >= 0.3 is 5.97 Å². The number of hydrogen-bond donors (Lipinski definition) is 2. The zero-order valence-corrected chi connectivity index (χ0v) is 21.1. The van der Waals surface area contributed by atoms with E-state index in [9.17, 15) is 24.2 Å². The van der Waals surface area contributed by atoms with E-state index in [-0.39, 0.29) is 36.0 Å². The summed E-state index contributed by atoms with van der Waals surface area (Å²) in [5.74, 6) is -1.64. The van der Waals surface area contributed by atoms with Gasteiger partial charge in [-0.1, -0.05) is 37.6 Å². The average molecular weight is 525 g/mol. The van der Waals surface area contributed by atoms with Crippen LogP contribution in [0.15, 0.2) is 65.8 Å². The third-order valence-electron chi connectivity index (χ3n) is 6.31. The molecule has 2 aromatic carbocycles. The number of aliphatic hydroxyl groups is 1. The van der Waals surface area contributed by atoms with Crippen molar-refractivity contribution >= 4 is 28.5 Å². The molecule has 0 aliphatic heterocycles. The van der Waals surface area contributed by atoms with Crippen LogP contribution in [0.5, 0.6) is 5.75 Å². The number of hydrogen-bond acceptors (Lipinski definition) is 5. The van der Waals surface area contributed by atoms with Gasteiger partial charge in [-0.2, -0.15) is 0 Å². The van der Waals surface area contributed by atoms with Crippen LogP contribution >= 0.6 is 11.6 Å². The van der Waals surface area contributed by atoms with Gasteiger partial charge < -0.3 is 19.5 Å². The van der Waals surface area contributed by atoms with Crippen molar-refractivity contribution in [2.75, 3.05) is 6.61 Å². The summed E-state index contributed by atoms with van der Waals surface area (Å²) < 4.78 is 22.5. The van der Waals surface area contributed by atoms with Crippen molar-refractivity contribution in [3.05, 3.63) is 104 Å². The van der Waals surface area contributed by atoms with Gasteiger partial charge in [-0.05, 0) is 46.9 Å². The molecular weight excluding hydrogens is 499 g/mol. The van der Waals surface area contributed by atoms with Gasteiger partial charge in [-0.15, -0.1) is 0 Å². The number of nitrogens with zero attached hydrogens (tertiary/aromatic N) is 2. The quantitative estimate of drug-likeness (QED) is 0.310. The number of carboxylic acids is 1. The minimum absolute atomic E-state index is 0.0317. The molecule has 0 radical (unpaired) electrons. The van der Waals surface area contributed by atoms with Crippen molar-refractivity contribution in [3.63, 3.8) is 0 Å². The topological polar surface area (TPSA) is 102 Å². The number of aromatic carboxylic acids is 1. The fourth-order valence-corrected chi connectivity index (χ4v) is 4.47. The number of pyridine rings is 2. The predicted molar refractivity (Wildman–Crippen MR) is 139 cm³/mol. The third-order valence-corrected chi connectivity index (χ3v) is 6.61. The summed E-state index contributed by atoms with van der Waals surface area (Å²) in [7, 11) is 0. The Hall–Kier alpha value is -3.75. The van der Waals surface area contributed by atoms with Gasteiger partial charge in [0.05, 0.1) is 23.2 Å². The smallest absolute Gasteiger partial charge is 0.341 e. The van der Waals surface area contributed by atoms with Gasteiger partial charge in [0.25, 0.3) is 0 Å². The second kappa shape index (κ2) is 11.1. The van der Waals surface area contributed by atoms with E-state index in [1.807, 2.05) is 13.8 Å². The number of fused-ring (bicyclic) bond motifs is 1. The molecule has 0 fully saturated rings. The highest BCUT2D eigenvalue weighted by atomic mass is 35.5.